The Hall–Kier alpha value is -0.0900. The Morgan fingerprint density at radius 3 is 2.82 bits per heavy atom. The molecule has 0 heterocycles. The van der Waals surface area contributed by atoms with Crippen molar-refractivity contribution in [3.63, 3.8) is 0 Å². The molecule has 0 bridgehead atoms. The molecule has 0 radical (unpaired) electrons. The summed E-state index contributed by atoms with van der Waals surface area (Å²) in [7, 11) is 0. The highest BCUT2D eigenvalue weighted by molar-refractivity contribution is 14.1. The Kier molecular flexibility index (Phi) is 3.33. The van der Waals surface area contributed by atoms with Gasteiger partial charge in [0.2, 0.25) is 0 Å². The topological polar surface area (TPSA) is 26.0 Å². The van der Waals surface area contributed by atoms with Crippen molar-refractivity contribution >= 4 is 22.6 Å². The minimum absolute atomic E-state index is 0.199. The van der Waals surface area contributed by atoms with Crippen LogP contribution in [0.2, 0.25) is 0 Å². The van der Waals surface area contributed by atoms with Gasteiger partial charge in [-0.3, -0.25) is 0 Å². The van der Waals surface area contributed by atoms with Crippen molar-refractivity contribution < 1.29 is 0 Å². The molecule has 1 nitrogen and oxygen atoms in total. The van der Waals surface area contributed by atoms with E-state index in [4.69, 9.17) is 5.73 Å². The van der Waals surface area contributed by atoms with E-state index in [2.05, 4.69) is 47.7 Å². The lowest BCUT2D eigenvalue weighted by Crippen LogP contribution is -2.08. The van der Waals surface area contributed by atoms with Crippen molar-refractivity contribution in [2.45, 2.75) is 19.4 Å². The highest BCUT2D eigenvalue weighted by atomic mass is 127. The van der Waals surface area contributed by atoms with Gasteiger partial charge >= 0.3 is 0 Å². The van der Waals surface area contributed by atoms with E-state index in [0.29, 0.717) is 0 Å². The zero-order valence-electron chi connectivity index (χ0n) is 6.55. The number of benzene rings is 1. The summed E-state index contributed by atoms with van der Waals surface area (Å²) in [5.74, 6) is 0. The minimum Gasteiger partial charge on any atom is -0.324 e. The van der Waals surface area contributed by atoms with Crippen molar-refractivity contribution in [1.29, 1.82) is 0 Å². The fraction of sp³-hybridized carbons (Fsp3) is 0.333. The second-order valence-corrected chi connectivity index (χ2v) is 3.82. The predicted octanol–water partition coefficient (Wildman–Crippen LogP) is 2.70. The molecule has 1 aromatic carbocycles. The summed E-state index contributed by atoms with van der Waals surface area (Å²) in [6.07, 6.45) is 1.00. The summed E-state index contributed by atoms with van der Waals surface area (Å²) in [5.41, 5.74) is 7.10. The van der Waals surface area contributed by atoms with E-state index in [-0.39, 0.29) is 6.04 Å². The van der Waals surface area contributed by atoms with Gasteiger partial charge in [-0.25, -0.2) is 0 Å². The van der Waals surface area contributed by atoms with E-state index in [1.54, 1.807) is 0 Å². The molecule has 0 aromatic heterocycles. The van der Waals surface area contributed by atoms with Crippen LogP contribution in [0.3, 0.4) is 0 Å². The first-order valence-corrected chi connectivity index (χ1v) is 4.83. The molecule has 0 spiro atoms. The normalized spacial score (nSPS) is 13.0. The van der Waals surface area contributed by atoms with E-state index >= 15 is 0 Å². The molecule has 2 N–H and O–H groups in total. The van der Waals surface area contributed by atoms with Gasteiger partial charge in [0, 0.05) is 9.61 Å². The van der Waals surface area contributed by atoms with Gasteiger partial charge in [0.05, 0.1) is 0 Å². The predicted molar refractivity (Wildman–Crippen MR) is 56.4 cm³/mol. The van der Waals surface area contributed by atoms with Crippen molar-refractivity contribution in [2.75, 3.05) is 0 Å². The molecule has 2 heteroatoms. The third-order valence-corrected chi connectivity index (χ3v) is 2.39. The maximum atomic E-state index is 5.86. The SMILES string of the molecule is CCC(N)c1cccc(I)c1. The second kappa shape index (κ2) is 4.07. The van der Waals surface area contributed by atoms with E-state index < -0.39 is 0 Å². The fourth-order valence-electron chi connectivity index (χ4n) is 0.973. The van der Waals surface area contributed by atoms with Crippen LogP contribution in [0.25, 0.3) is 0 Å². The Balaban J connectivity index is 2.86. The fourth-order valence-corrected chi connectivity index (χ4v) is 1.54. The molecule has 1 rings (SSSR count). The standard InChI is InChI=1S/C9H12IN/c1-2-9(11)7-4-3-5-8(10)6-7/h3-6,9H,2,11H2,1H3. The first-order valence-electron chi connectivity index (χ1n) is 3.75. The van der Waals surface area contributed by atoms with Gasteiger partial charge in [0.25, 0.3) is 0 Å². The maximum absolute atomic E-state index is 5.86. The third kappa shape index (κ3) is 2.45. The average molecular weight is 261 g/mol. The molecule has 0 aliphatic rings. The molecule has 0 fully saturated rings. The van der Waals surface area contributed by atoms with Gasteiger partial charge < -0.3 is 5.73 Å². The Labute approximate surface area is 81.1 Å². The van der Waals surface area contributed by atoms with E-state index in [1.807, 2.05) is 6.07 Å². The van der Waals surface area contributed by atoms with Crippen LogP contribution < -0.4 is 5.73 Å². The summed E-state index contributed by atoms with van der Waals surface area (Å²) in [6.45, 7) is 2.10. The molecule has 1 aromatic rings. The highest BCUT2D eigenvalue weighted by Crippen LogP contribution is 2.15. The van der Waals surface area contributed by atoms with E-state index in [9.17, 15) is 0 Å². The molecular formula is C9H12IN. The summed E-state index contributed by atoms with van der Waals surface area (Å²) >= 11 is 2.30. The number of nitrogens with two attached hydrogens (primary N) is 1. The van der Waals surface area contributed by atoms with Crippen molar-refractivity contribution in [1.82, 2.24) is 0 Å². The van der Waals surface area contributed by atoms with Gasteiger partial charge in [-0.05, 0) is 46.7 Å². The molecule has 0 saturated heterocycles. The van der Waals surface area contributed by atoms with Gasteiger partial charge in [-0.2, -0.15) is 0 Å². The van der Waals surface area contributed by atoms with E-state index in [0.717, 1.165) is 6.42 Å². The lowest BCUT2D eigenvalue weighted by molar-refractivity contribution is 0.698. The molecule has 0 aliphatic heterocycles. The summed E-state index contributed by atoms with van der Waals surface area (Å²) in [5, 5.41) is 0. The molecule has 1 atom stereocenters. The van der Waals surface area contributed by atoms with Crippen LogP contribution >= 0.6 is 22.6 Å². The van der Waals surface area contributed by atoms with Gasteiger partial charge in [-0.1, -0.05) is 19.1 Å². The van der Waals surface area contributed by atoms with Crippen molar-refractivity contribution in [3.8, 4) is 0 Å². The highest BCUT2D eigenvalue weighted by Gasteiger charge is 2.01. The average Bonchev–Trinajstić information content (AvgIpc) is 2.03. The summed E-state index contributed by atoms with van der Waals surface area (Å²) in [6, 6.07) is 8.54. The Morgan fingerprint density at radius 2 is 2.27 bits per heavy atom. The largest absolute Gasteiger partial charge is 0.324 e. The molecular weight excluding hydrogens is 249 g/mol. The monoisotopic (exact) mass is 261 g/mol. The third-order valence-electron chi connectivity index (χ3n) is 1.72. The molecule has 11 heavy (non-hydrogen) atoms. The molecule has 1 unspecified atom stereocenters. The Bertz CT molecular complexity index is 235. The van der Waals surface area contributed by atoms with E-state index in [1.165, 1.54) is 9.13 Å². The lowest BCUT2D eigenvalue weighted by Gasteiger charge is -2.08. The zero-order chi connectivity index (χ0) is 8.27. The van der Waals surface area contributed by atoms with Crippen LogP contribution in [0, 0.1) is 3.57 Å². The molecule has 60 valence electrons. The number of halogens is 1. The molecule has 0 saturated carbocycles. The van der Waals surface area contributed by atoms with Crippen LogP contribution in [-0.2, 0) is 0 Å². The van der Waals surface area contributed by atoms with Crippen molar-refractivity contribution in [2.24, 2.45) is 5.73 Å². The van der Waals surface area contributed by atoms with Crippen LogP contribution in [0.1, 0.15) is 24.9 Å². The summed E-state index contributed by atoms with van der Waals surface area (Å²) in [4.78, 5) is 0. The van der Waals surface area contributed by atoms with Crippen LogP contribution in [0.15, 0.2) is 24.3 Å². The van der Waals surface area contributed by atoms with Crippen LogP contribution in [0.4, 0.5) is 0 Å². The first-order chi connectivity index (χ1) is 5.24. The van der Waals surface area contributed by atoms with Crippen LogP contribution in [0.5, 0.6) is 0 Å². The number of hydrogen-bond donors (Lipinski definition) is 1. The lowest BCUT2D eigenvalue weighted by atomic mass is 10.1. The van der Waals surface area contributed by atoms with Gasteiger partial charge in [0.1, 0.15) is 0 Å². The molecule has 0 aliphatic carbocycles. The zero-order valence-corrected chi connectivity index (χ0v) is 8.71. The number of rotatable bonds is 2. The first kappa shape index (κ1) is 9.00. The molecule has 0 amide bonds. The van der Waals surface area contributed by atoms with Crippen LogP contribution in [-0.4, -0.2) is 0 Å². The maximum Gasteiger partial charge on any atom is 0.0292 e. The quantitative estimate of drug-likeness (QED) is 0.814. The smallest absolute Gasteiger partial charge is 0.0292 e. The number of hydrogen-bond acceptors (Lipinski definition) is 1. The second-order valence-electron chi connectivity index (χ2n) is 2.57. The minimum atomic E-state index is 0.199. The van der Waals surface area contributed by atoms with Gasteiger partial charge in [-0.15, -0.1) is 0 Å². The summed E-state index contributed by atoms with van der Waals surface area (Å²) < 4.78 is 1.25. The van der Waals surface area contributed by atoms with Gasteiger partial charge in [0.15, 0.2) is 0 Å². The Morgan fingerprint density at radius 1 is 1.55 bits per heavy atom. The van der Waals surface area contributed by atoms with Crippen molar-refractivity contribution in [3.05, 3.63) is 33.4 Å².